The van der Waals surface area contributed by atoms with Gasteiger partial charge in [0.05, 0.1) is 13.2 Å². The number of rotatable bonds is 3. The van der Waals surface area contributed by atoms with Gasteiger partial charge in [-0.15, -0.1) is 5.10 Å². The van der Waals surface area contributed by atoms with E-state index < -0.39 is 0 Å². The Kier molecular flexibility index (Phi) is 4.24. The number of tetrazole rings is 1. The van der Waals surface area contributed by atoms with Crippen molar-refractivity contribution in [2.75, 3.05) is 19.7 Å². The maximum Gasteiger partial charge on any atom is 0.246 e. The van der Waals surface area contributed by atoms with E-state index in [0.29, 0.717) is 25.5 Å². The number of hydrogen-bond acceptors (Lipinski definition) is 5. The highest BCUT2D eigenvalue weighted by Gasteiger charge is 2.27. The maximum absolute atomic E-state index is 12.3. The Morgan fingerprint density at radius 2 is 2.18 bits per heavy atom. The van der Waals surface area contributed by atoms with Crippen LogP contribution < -0.4 is 0 Å². The zero-order chi connectivity index (χ0) is 15.4. The highest BCUT2D eigenvalue weighted by atomic mass is 16.5. The molecule has 0 radical (unpaired) electrons. The largest absolute Gasteiger partial charge is 0.366 e. The summed E-state index contributed by atoms with van der Waals surface area (Å²) in [6.45, 7) is 1.49. The lowest BCUT2D eigenvalue weighted by atomic mass is 10.2. The molecule has 0 N–H and O–H groups in total. The fourth-order valence-electron chi connectivity index (χ4n) is 2.35. The molecule has 1 saturated heterocycles. The molecule has 1 aliphatic heterocycles. The van der Waals surface area contributed by atoms with Gasteiger partial charge < -0.3 is 9.64 Å². The molecule has 22 heavy (non-hydrogen) atoms. The molecule has 1 atom stereocenters. The van der Waals surface area contributed by atoms with E-state index in [1.807, 2.05) is 36.4 Å². The second-order valence-corrected chi connectivity index (χ2v) is 5.05. The van der Waals surface area contributed by atoms with Crippen LogP contribution in [0.3, 0.4) is 0 Å². The molecule has 114 valence electrons. The number of aromatic nitrogens is 4. The first-order valence-corrected chi connectivity index (χ1v) is 7.10. The fraction of sp³-hybridized carbons (Fsp3) is 0.333. The van der Waals surface area contributed by atoms with Crippen molar-refractivity contribution in [2.45, 2.75) is 6.10 Å². The van der Waals surface area contributed by atoms with E-state index in [4.69, 9.17) is 4.74 Å². The Morgan fingerprint density at radius 3 is 2.91 bits per heavy atom. The molecule has 7 nitrogen and oxygen atoms in total. The van der Waals surface area contributed by atoms with Gasteiger partial charge in [0.15, 0.2) is 5.82 Å². The van der Waals surface area contributed by atoms with Crippen molar-refractivity contribution in [1.82, 2.24) is 25.1 Å². The minimum absolute atomic E-state index is 0.0349. The second-order valence-electron chi connectivity index (χ2n) is 5.05. The number of ether oxygens (including phenoxy) is 1. The summed E-state index contributed by atoms with van der Waals surface area (Å²) >= 11 is 0. The minimum atomic E-state index is -0.289. The average Bonchev–Trinajstić information content (AvgIpc) is 3.00. The van der Waals surface area contributed by atoms with Gasteiger partial charge in [0.2, 0.25) is 5.91 Å². The van der Waals surface area contributed by atoms with Gasteiger partial charge >= 0.3 is 0 Å². The summed E-state index contributed by atoms with van der Waals surface area (Å²) < 4.78 is 7.23. The van der Waals surface area contributed by atoms with Crippen molar-refractivity contribution < 1.29 is 9.53 Å². The SMILES string of the molecule is Cn1nnnc1C1CN(C(=O)/C=C/c2ccccc2)CCO1. The lowest BCUT2D eigenvalue weighted by Gasteiger charge is -2.31. The molecule has 1 aromatic heterocycles. The Morgan fingerprint density at radius 1 is 1.36 bits per heavy atom. The Bertz CT molecular complexity index is 668. The van der Waals surface area contributed by atoms with Crippen molar-refractivity contribution in [1.29, 1.82) is 0 Å². The van der Waals surface area contributed by atoms with Crippen molar-refractivity contribution in [3.8, 4) is 0 Å². The first kappa shape index (κ1) is 14.4. The average molecular weight is 299 g/mol. The molecule has 0 spiro atoms. The number of nitrogens with zero attached hydrogens (tertiary/aromatic N) is 5. The summed E-state index contributed by atoms with van der Waals surface area (Å²) in [6, 6.07) is 9.74. The number of morpholine rings is 1. The molecule has 0 aliphatic carbocycles. The van der Waals surface area contributed by atoms with E-state index in [0.717, 1.165) is 5.56 Å². The normalized spacial score (nSPS) is 18.8. The van der Waals surface area contributed by atoms with Crippen LogP contribution in [0.4, 0.5) is 0 Å². The van der Waals surface area contributed by atoms with Gasteiger partial charge in [-0.25, -0.2) is 4.68 Å². The quantitative estimate of drug-likeness (QED) is 0.785. The summed E-state index contributed by atoms with van der Waals surface area (Å²) in [6.07, 6.45) is 3.12. The van der Waals surface area contributed by atoms with Gasteiger partial charge in [-0.05, 0) is 22.1 Å². The predicted molar refractivity (Wildman–Crippen MR) is 79.5 cm³/mol. The molecule has 0 bridgehead atoms. The van der Waals surface area contributed by atoms with Gasteiger partial charge in [-0.1, -0.05) is 30.3 Å². The number of hydrogen-bond donors (Lipinski definition) is 0. The summed E-state index contributed by atoms with van der Waals surface area (Å²) in [5.74, 6) is 0.594. The monoisotopic (exact) mass is 299 g/mol. The summed E-state index contributed by atoms with van der Waals surface area (Å²) in [5.41, 5.74) is 0.998. The lowest BCUT2D eigenvalue weighted by molar-refractivity contribution is -0.134. The van der Waals surface area contributed by atoms with E-state index in [1.165, 1.54) is 0 Å². The van der Waals surface area contributed by atoms with Gasteiger partial charge in [-0.2, -0.15) is 0 Å². The third kappa shape index (κ3) is 3.20. The molecule has 3 rings (SSSR count). The van der Waals surface area contributed by atoms with Crippen LogP contribution in [0.15, 0.2) is 36.4 Å². The van der Waals surface area contributed by atoms with Gasteiger partial charge in [-0.3, -0.25) is 4.79 Å². The molecule has 2 aromatic rings. The molecule has 7 heteroatoms. The van der Waals surface area contributed by atoms with Crippen LogP contribution in [0.1, 0.15) is 17.5 Å². The van der Waals surface area contributed by atoms with Gasteiger partial charge in [0, 0.05) is 19.7 Å². The highest BCUT2D eigenvalue weighted by Crippen LogP contribution is 2.19. The van der Waals surface area contributed by atoms with Crippen molar-refractivity contribution >= 4 is 12.0 Å². The molecule has 1 fully saturated rings. The molecule has 1 amide bonds. The molecular weight excluding hydrogens is 282 g/mol. The zero-order valence-electron chi connectivity index (χ0n) is 12.3. The molecular formula is C15H17N5O2. The molecule has 1 aromatic carbocycles. The Labute approximate surface area is 128 Å². The molecule has 2 heterocycles. The van der Waals surface area contributed by atoms with E-state index >= 15 is 0 Å². The lowest BCUT2D eigenvalue weighted by Crippen LogP contribution is -2.42. The van der Waals surface area contributed by atoms with Crippen LogP contribution >= 0.6 is 0 Å². The van der Waals surface area contributed by atoms with Crippen LogP contribution in [0, 0.1) is 0 Å². The topological polar surface area (TPSA) is 73.1 Å². The van der Waals surface area contributed by atoms with Crippen molar-refractivity contribution in [2.24, 2.45) is 7.05 Å². The van der Waals surface area contributed by atoms with Gasteiger partial charge in [0.1, 0.15) is 6.10 Å². The zero-order valence-corrected chi connectivity index (χ0v) is 12.3. The van der Waals surface area contributed by atoms with Crippen LogP contribution in [0.5, 0.6) is 0 Å². The predicted octanol–water partition coefficient (Wildman–Crippen LogP) is 0.823. The first-order chi connectivity index (χ1) is 10.7. The number of aryl methyl sites for hydroxylation is 1. The molecule has 1 aliphatic rings. The smallest absolute Gasteiger partial charge is 0.246 e. The third-order valence-corrected chi connectivity index (χ3v) is 3.54. The van der Waals surface area contributed by atoms with E-state index in [2.05, 4.69) is 15.5 Å². The number of amides is 1. The highest BCUT2D eigenvalue weighted by molar-refractivity contribution is 5.91. The second kappa shape index (κ2) is 6.48. The number of carbonyl (C=O) groups excluding carboxylic acids is 1. The van der Waals surface area contributed by atoms with Crippen LogP contribution in [0.25, 0.3) is 6.08 Å². The van der Waals surface area contributed by atoms with Crippen molar-refractivity contribution in [3.63, 3.8) is 0 Å². The first-order valence-electron chi connectivity index (χ1n) is 7.10. The van der Waals surface area contributed by atoms with Crippen LogP contribution in [-0.2, 0) is 16.6 Å². The standard InChI is InChI=1S/C15H17N5O2/c1-19-15(16-17-18-19)13-11-20(9-10-22-13)14(21)8-7-12-5-3-2-4-6-12/h2-8,13H,9-11H2,1H3/b8-7+. The van der Waals surface area contributed by atoms with Crippen LogP contribution in [0.2, 0.25) is 0 Å². The third-order valence-electron chi connectivity index (χ3n) is 3.54. The minimum Gasteiger partial charge on any atom is -0.366 e. The van der Waals surface area contributed by atoms with E-state index in [-0.39, 0.29) is 12.0 Å². The number of carbonyl (C=O) groups is 1. The Hall–Kier alpha value is -2.54. The fourth-order valence-corrected chi connectivity index (χ4v) is 2.35. The summed E-state index contributed by atoms with van der Waals surface area (Å²) in [7, 11) is 1.76. The van der Waals surface area contributed by atoms with E-state index in [1.54, 1.807) is 22.7 Å². The Balaban J connectivity index is 1.66. The maximum atomic E-state index is 12.3. The van der Waals surface area contributed by atoms with Crippen LogP contribution in [-0.4, -0.2) is 50.7 Å². The molecule has 0 saturated carbocycles. The van der Waals surface area contributed by atoms with Gasteiger partial charge in [0.25, 0.3) is 0 Å². The summed E-state index contributed by atoms with van der Waals surface area (Å²) in [4.78, 5) is 14.0. The molecule has 1 unspecified atom stereocenters. The number of benzene rings is 1. The van der Waals surface area contributed by atoms with E-state index in [9.17, 15) is 4.79 Å². The van der Waals surface area contributed by atoms with Crippen molar-refractivity contribution in [3.05, 3.63) is 47.8 Å². The summed E-state index contributed by atoms with van der Waals surface area (Å²) in [5, 5.41) is 11.4.